The highest BCUT2D eigenvalue weighted by molar-refractivity contribution is 5.67. The van der Waals surface area contributed by atoms with E-state index in [1.54, 1.807) is 0 Å². The van der Waals surface area contributed by atoms with Crippen LogP contribution in [0, 0.1) is 6.92 Å². The smallest absolute Gasteiger partial charge is 0.304 e. The molecule has 0 amide bonds. The number of nitrogens with zero attached hydrogens (tertiary/aromatic N) is 1. The number of rotatable bonds is 3. The minimum atomic E-state index is -0.740. The minimum Gasteiger partial charge on any atom is -0.481 e. The summed E-state index contributed by atoms with van der Waals surface area (Å²) < 4.78 is 0. The van der Waals surface area contributed by atoms with Crippen molar-refractivity contribution in [1.82, 2.24) is 5.32 Å². The second-order valence-corrected chi connectivity index (χ2v) is 5.38. The van der Waals surface area contributed by atoms with Crippen molar-refractivity contribution in [2.45, 2.75) is 38.8 Å². The number of nitrogens with one attached hydrogen (secondary N) is 1. The molecular weight excluding hydrogens is 240 g/mol. The van der Waals surface area contributed by atoms with E-state index in [1.165, 1.54) is 11.3 Å². The Labute approximate surface area is 114 Å². The molecule has 0 bridgehead atoms. The zero-order valence-corrected chi connectivity index (χ0v) is 11.6. The maximum absolute atomic E-state index is 10.9. The monoisotopic (exact) mass is 262 g/mol. The first-order valence-corrected chi connectivity index (χ1v) is 6.84. The number of para-hydroxylation sites is 1. The van der Waals surface area contributed by atoms with Crippen LogP contribution in [0.25, 0.3) is 0 Å². The van der Waals surface area contributed by atoms with Gasteiger partial charge in [0.15, 0.2) is 0 Å². The highest BCUT2D eigenvalue weighted by Crippen LogP contribution is 2.22. The molecule has 2 atom stereocenters. The lowest BCUT2D eigenvalue weighted by Crippen LogP contribution is -2.41. The molecule has 4 nitrogen and oxygen atoms in total. The molecule has 1 saturated heterocycles. The Morgan fingerprint density at radius 3 is 2.89 bits per heavy atom. The summed E-state index contributed by atoms with van der Waals surface area (Å²) in [6.45, 7) is 5.94. The molecule has 0 aromatic heterocycles. The van der Waals surface area contributed by atoms with E-state index >= 15 is 0 Å². The highest BCUT2D eigenvalue weighted by Gasteiger charge is 2.23. The van der Waals surface area contributed by atoms with Crippen LogP contribution < -0.4 is 10.2 Å². The third kappa shape index (κ3) is 3.70. The topological polar surface area (TPSA) is 52.6 Å². The molecule has 19 heavy (non-hydrogen) atoms. The van der Waals surface area contributed by atoms with Gasteiger partial charge >= 0.3 is 5.97 Å². The third-order valence-electron chi connectivity index (χ3n) is 3.67. The number of carbonyl (C=O) groups is 1. The summed E-state index contributed by atoms with van der Waals surface area (Å²) in [6.07, 6.45) is 1.21. The van der Waals surface area contributed by atoms with Gasteiger partial charge in [0, 0.05) is 30.9 Å². The van der Waals surface area contributed by atoms with Gasteiger partial charge in [-0.05, 0) is 31.9 Å². The first-order valence-electron chi connectivity index (χ1n) is 6.84. The SMILES string of the molecule is Cc1ccccc1N1CCC(C)NC(CC(=O)O)C1. The largest absolute Gasteiger partial charge is 0.481 e. The van der Waals surface area contributed by atoms with Gasteiger partial charge in [-0.2, -0.15) is 0 Å². The first-order chi connectivity index (χ1) is 9.06. The number of anilines is 1. The maximum Gasteiger partial charge on any atom is 0.304 e. The number of aryl methyl sites for hydroxylation is 1. The number of hydrogen-bond donors (Lipinski definition) is 2. The van der Waals surface area contributed by atoms with Crippen LogP contribution in [0.5, 0.6) is 0 Å². The summed E-state index contributed by atoms with van der Waals surface area (Å²) in [4.78, 5) is 13.2. The van der Waals surface area contributed by atoms with E-state index in [4.69, 9.17) is 5.11 Å². The molecular formula is C15H22N2O2. The molecule has 0 radical (unpaired) electrons. The van der Waals surface area contributed by atoms with Crippen molar-refractivity contribution >= 4 is 11.7 Å². The number of hydrogen-bond acceptors (Lipinski definition) is 3. The summed E-state index contributed by atoms with van der Waals surface area (Å²) in [5, 5.41) is 12.4. The van der Waals surface area contributed by atoms with Crippen molar-refractivity contribution in [2.75, 3.05) is 18.0 Å². The lowest BCUT2D eigenvalue weighted by Gasteiger charge is -2.27. The Hall–Kier alpha value is -1.55. The molecule has 104 valence electrons. The van der Waals surface area contributed by atoms with E-state index < -0.39 is 5.97 Å². The zero-order valence-electron chi connectivity index (χ0n) is 11.6. The van der Waals surface area contributed by atoms with Gasteiger partial charge in [0.25, 0.3) is 0 Å². The van der Waals surface area contributed by atoms with Crippen LogP contribution in [-0.2, 0) is 4.79 Å². The molecule has 1 aliphatic heterocycles. The molecule has 1 aliphatic rings. The van der Waals surface area contributed by atoms with Crippen LogP contribution in [0.1, 0.15) is 25.3 Å². The highest BCUT2D eigenvalue weighted by atomic mass is 16.4. The van der Waals surface area contributed by atoms with Crippen LogP contribution in [0.2, 0.25) is 0 Å². The number of carboxylic acid groups (broad SMARTS) is 1. The fourth-order valence-electron chi connectivity index (χ4n) is 2.72. The van der Waals surface area contributed by atoms with E-state index in [0.29, 0.717) is 6.04 Å². The first kappa shape index (κ1) is 13.9. The standard InChI is InChI=1S/C15H22N2O2/c1-11-5-3-4-6-14(11)17-8-7-12(2)16-13(10-17)9-15(18)19/h3-6,12-13,16H,7-10H2,1-2H3,(H,18,19). The molecule has 0 spiro atoms. The van der Waals surface area contributed by atoms with E-state index in [-0.39, 0.29) is 12.5 Å². The van der Waals surface area contributed by atoms with E-state index in [9.17, 15) is 4.79 Å². The lowest BCUT2D eigenvalue weighted by atomic mass is 10.1. The summed E-state index contributed by atoms with van der Waals surface area (Å²) >= 11 is 0. The van der Waals surface area contributed by atoms with Crippen molar-refractivity contribution in [1.29, 1.82) is 0 Å². The molecule has 4 heteroatoms. The predicted molar refractivity (Wildman–Crippen MR) is 76.6 cm³/mol. The Kier molecular flexibility index (Phi) is 4.43. The lowest BCUT2D eigenvalue weighted by molar-refractivity contribution is -0.137. The van der Waals surface area contributed by atoms with Gasteiger partial charge in [0.05, 0.1) is 6.42 Å². The molecule has 0 aliphatic carbocycles. The van der Waals surface area contributed by atoms with E-state index in [1.807, 2.05) is 12.1 Å². The van der Waals surface area contributed by atoms with Gasteiger partial charge < -0.3 is 15.3 Å². The summed E-state index contributed by atoms with van der Waals surface area (Å²) in [5.74, 6) is -0.740. The van der Waals surface area contributed by atoms with Crippen LogP contribution >= 0.6 is 0 Å². The van der Waals surface area contributed by atoms with Gasteiger partial charge in [-0.15, -0.1) is 0 Å². The second kappa shape index (κ2) is 6.06. The molecule has 0 saturated carbocycles. The van der Waals surface area contributed by atoms with Crippen molar-refractivity contribution in [3.05, 3.63) is 29.8 Å². The van der Waals surface area contributed by atoms with Crippen LogP contribution in [0.3, 0.4) is 0 Å². The normalized spacial score (nSPS) is 24.0. The Balaban J connectivity index is 2.16. The Bertz CT molecular complexity index is 448. The molecule has 1 aromatic rings. The van der Waals surface area contributed by atoms with Crippen LogP contribution in [0.15, 0.2) is 24.3 Å². The molecule has 2 rings (SSSR count). The number of aliphatic carboxylic acids is 1. The van der Waals surface area contributed by atoms with E-state index in [2.05, 4.69) is 36.2 Å². The average Bonchev–Trinajstić information content (AvgIpc) is 2.51. The third-order valence-corrected chi connectivity index (χ3v) is 3.67. The van der Waals surface area contributed by atoms with Gasteiger partial charge in [-0.25, -0.2) is 0 Å². The molecule has 2 N–H and O–H groups in total. The summed E-state index contributed by atoms with van der Waals surface area (Å²) in [6, 6.07) is 8.66. The van der Waals surface area contributed by atoms with Crippen molar-refractivity contribution in [3.63, 3.8) is 0 Å². The number of carboxylic acids is 1. The maximum atomic E-state index is 10.9. The van der Waals surface area contributed by atoms with E-state index in [0.717, 1.165) is 19.5 Å². The average molecular weight is 262 g/mol. The minimum absolute atomic E-state index is 0.00889. The van der Waals surface area contributed by atoms with Gasteiger partial charge in [-0.1, -0.05) is 18.2 Å². The van der Waals surface area contributed by atoms with Crippen molar-refractivity contribution in [3.8, 4) is 0 Å². The summed E-state index contributed by atoms with van der Waals surface area (Å²) in [5.41, 5.74) is 2.46. The van der Waals surface area contributed by atoms with Gasteiger partial charge in [0.1, 0.15) is 0 Å². The Morgan fingerprint density at radius 2 is 2.21 bits per heavy atom. The quantitative estimate of drug-likeness (QED) is 0.875. The molecule has 1 heterocycles. The predicted octanol–water partition coefficient (Wildman–Crippen LogP) is 2.03. The fourth-order valence-corrected chi connectivity index (χ4v) is 2.72. The van der Waals surface area contributed by atoms with Crippen LogP contribution in [0.4, 0.5) is 5.69 Å². The molecule has 1 fully saturated rings. The van der Waals surface area contributed by atoms with Crippen molar-refractivity contribution in [2.24, 2.45) is 0 Å². The molecule has 1 aromatic carbocycles. The number of benzene rings is 1. The second-order valence-electron chi connectivity index (χ2n) is 5.38. The summed E-state index contributed by atoms with van der Waals surface area (Å²) in [7, 11) is 0. The molecule has 2 unspecified atom stereocenters. The van der Waals surface area contributed by atoms with Gasteiger partial charge in [0.2, 0.25) is 0 Å². The zero-order chi connectivity index (χ0) is 13.8. The van der Waals surface area contributed by atoms with Crippen LogP contribution in [-0.4, -0.2) is 36.2 Å². The Morgan fingerprint density at radius 1 is 1.47 bits per heavy atom. The van der Waals surface area contributed by atoms with Gasteiger partial charge in [-0.3, -0.25) is 4.79 Å². The fraction of sp³-hybridized carbons (Fsp3) is 0.533. The van der Waals surface area contributed by atoms with Crippen molar-refractivity contribution < 1.29 is 9.90 Å².